The molecule has 144 valence electrons. The van der Waals surface area contributed by atoms with Crippen LogP contribution in [0.25, 0.3) is 0 Å². The van der Waals surface area contributed by atoms with Gasteiger partial charge in [0.2, 0.25) is 5.91 Å². The summed E-state index contributed by atoms with van der Waals surface area (Å²) >= 11 is 3.46. The lowest BCUT2D eigenvalue weighted by atomic mass is 10.2. The van der Waals surface area contributed by atoms with E-state index < -0.39 is 0 Å². The van der Waals surface area contributed by atoms with E-state index >= 15 is 0 Å². The van der Waals surface area contributed by atoms with Gasteiger partial charge in [-0.3, -0.25) is 14.7 Å². The van der Waals surface area contributed by atoms with Crippen molar-refractivity contribution in [3.05, 3.63) is 34.3 Å². The Morgan fingerprint density at radius 2 is 1.85 bits per heavy atom. The summed E-state index contributed by atoms with van der Waals surface area (Å²) in [5.74, 6) is 1.08. The number of guanidine groups is 1. The monoisotopic (exact) mass is 535 g/mol. The minimum absolute atomic E-state index is 0. The summed E-state index contributed by atoms with van der Waals surface area (Å²) in [5.41, 5.74) is 1.22. The summed E-state index contributed by atoms with van der Waals surface area (Å²) in [6.07, 6.45) is 2.28. The molecule has 0 aromatic heterocycles. The number of benzene rings is 1. The molecule has 6 nitrogen and oxygen atoms in total. The van der Waals surface area contributed by atoms with Gasteiger partial charge in [0.1, 0.15) is 0 Å². The second kappa shape index (κ2) is 10.5. The van der Waals surface area contributed by atoms with Crippen molar-refractivity contribution in [1.82, 2.24) is 20.4 Å². The molecule has 1 aromatic carbocycles. The van der Waals surface area contributed by atoms with Gasteiger partial charge in [0.15, 0.2) is 5.96 Å². The molecule has 26 heavy (non-hydrogen) atoms. The van der Waals surface area contributed by atoms with Crippen LogP contribution in [0.1, 0.15) is 18.4 Å². The molecule has 0 bridgehead atoms. The van der Waals surface area contributed by atoms with E-state index in [0.29, 0.717) is 12.6 Å². The fraction of sp³-hybridized carbons (Fsp3) is 0.556. The first-order chi connectivity index (χ1) is 12.1. The Morgan fingerprint density at radius 3 is 2.42 bits per heavy atom. The molecule has 3 rings (SSSR count). The van der Waals surface area contributed by atoms with Crippen LogP contribution in [0.4, 0.5) is 0 Å². The summed E-state index contributed by atoms with van der Waals surface area (Å²) < 4.78 is 1.09. The van der Waals surface area contributed by atoms with Crippen molar-refractivity contribution in [2.75, 3.05) is 39.8 Å². The Morgan fingerprint density at radius 1 is 1.19 bits per heavy atom. The molecule has 2 aliphatic rings. The average Bonchev–Trinajstić information content (AvgIpc) is 3.42. The number of aliphatic imine (C=N–C) groups is 1. The van der Waals surface area contributed by atoms with E-state index in [0.717, 1.165) is 56.0 Å². The van der Waals surface area contributed by atoms with Crippen LogP contribution in [0.2, 0.25) is 0 Å². The lowest BCUT2D eigenvalue weighted by Gasteiger charge is -2.36. The van der Waals surface area contributed by atoms with Crippen LogP contribution in [0.3, 0.4) is 0 Å². The Labute approximate surface area is 180 Å². The minimum Gasteiger partial charge on any atom is -0.352 e. The van der Waals surface area contributed by atoms with Gasteiger partial charge >= 0.3 is 0 Å². The topological polar surface area (TPSA) is 60.0 Å². The molecule has 2 fully saturated rings. The Bertz CT molecular complexity index is 613. The smallest absolute Gasteiger partial charge is 0.234 e. The third-order valence-corrected chi connectivity index (χ3v) is 5.09. The third kappa shape index (κ3) is 6.70. The predicted molar refractivity (Wildman–Crippen MR) is 119 cm³/mol. The van der Waals surface area contributed by atoms with Gasteiger partial charge in [-0.1, -0.05) is 28.1 Å². The second-order valence-corrected chi connectivity index (χ2v) is 7.55. The lowest BCUT2D eigenvalue weighted by molar-refractivity contribution is -0.122. The zero-order chi connectivity index (χ0) is 17.6. The summed E-state index contributed by atoms with van der Waals surface area (Å²) in [6.45, 7) is 4.81. The molecule has 2 N–H and O–H groups in total. The molecular formula is C18H27BrIN5O. The first-order valence-corrected chi connectivity index (χ1v) is 9.65. The van der Waals surface area contributed by atoms with Gasteiger partial charge in [-0.25, -0.2) is 0 Å². The quantitative estimate of drug-likeness (QED) is 0.344. The molecule has 0 atom stereocenters. The van der Waals surface area contributed by atoms with Crippen molar-refractivity contribution in [2.24, 2.45) is 4.99 Å². The molecule has 1 saturated carbocycles. The predicted octanol–water partition coefficient (Wildman–Crippen LogP) is 2.04. The highest BCUT2D eigenvalue weighted by Gasteiger charge is 2.25. The Balaban J connectivity index is 0.00000243. The third-order valence-electron chi connectivity index (χ3n) is 4.56. The SMILES string of the molecule is CN=C(NCc1ccc(Br)cc1)N1CCN(CC(=O)NC2CC2)CC1.I. The number of rotatable bonds is 5. The maximum atomic E-state index is 11.9. The number of halogens is 2. The van der Waals surface area contributed by atoms with Crippen molar-refractivity contribution in [1.29, 1.82) is 0 Å². The molecular weight excluding hydrogens is 509 g/mol. The number of carbonyl (C=O) groups excluding carboxylic acids is 1. The van der Waals surface area contributed by atoms with Crippen LogP contribution in [0, 0.1) is 0 Å². The first-order valence-electron chi connectivity index (χ1n) is 8.86. The minimum atomic E-state index is 0. The van der Waals surface area contributed by atoms with E-state index in [9.17, 15) is 4.79 Å². The van der Waals surface area contributed by atoms with Crippen molar-refractivity contribution in [3.63, 3.8) is 0 Å². The van der Waals surface area contributed by atoms with Gasteiger partial charge in [0.25, 0.3) is 0 Å². The number of carbonyl (C=O) groups is 1. The normalized spacial score (nSPS) is 18.2. The number of nitrogens with zero attached hydrogens (tertiary/aromatic N) is 3. The maximum absolute atomic E-state index is 11.9. The van der Waals surface area contributed by atoms with Crippen LogP contribution >= 0.6 is 39.9 Å². The molecule has 1 saturated heterocycles. The summed E-state index contributed by atoms with van der Waals surface area (Å²) in [5, 5.41) is 6.48. The molecule has 1 amide bonds. The van der Waals surface area contributed by atoms with Crippen molar-refractivity contribution < 1.29 is 4.79 Å². The summed E-state index contributed by atoms with van der Waals surface area (Å²) in [7, 11) is 1.82. The molecule has 1 heterocycles. The van der Waals surface area contributed by atoms with Gasteiger partial charge in [0, 0.05) is 50.3 Å². The highest BCUT2D eigenvalue weighted by molar-refractivity contribution is 14.0. The highest BCUT2D eigenvalue weighted by atomic mass is 127. The molecule has 1 aromatic rings. The zero-order valence-electron chi connectivity index (χ0n) is 15.1. The average molecular weight is 536 g/mol. The van der Waals surface area contributed by atoms with Gasteiger partial charge in [0.05, 0.1) is 6.54 Å². The van der Waals surface area contributed by atoms with Crippen LogP contribution in [-0.4, -0.2) is 67.5 Å². The van der Waals surface area contributed by atoms with Crippen LogP contribution in [0.5, 0.6) is 0 Å². The van der Waals surface area contributed by atoms with Crippen molar-refractivity contribution in [2.45, 2.75) is 25.4 Å². The standard InChI is InChI=1S/C18H26BrN5O.HI/c1-20-18(21-12-14-2-4-15(19)5-3-14)24-10-8-23(9-11-24)13-17(25)22-16-6-7-16;/h2-5,16H,6-13H2,1H3,(H,20,21)(H,22,25);1H. The van der Waals surface area contributed by atoms with Crippen LogP contribution in [0.15, 0.2) is 33.7 Å². The number of hydrogen-bond acceptors (Lipinski definition) is 3. The van der Waals surface area contributed by atoms with E-state index in [2.05, 4.69) is 53.5 Å². The van der Waals surface area contributed by atoms with Gasteiger partial charge in [-0.05, 0) is 30.5 Å². The first kappa shape index (κ1) is 21.4. The zero-order valence-corrected chi connectivity index (χ0v) is 19.0. The number of hydrogen-bond donors (Lipinski definition) is 2. The fourth-order valence-electron chi connectivity index (χ4n) is 2.94. The molecule has 0 unspecified atom stereocenters. The number of nitrogens with one attached hydrogen (secondary N) is 2. The maximum Gasteiger partial charge on any atom is 0.234 e. The highest BCUT2D eigenvalue weighted by Crippen LogP contribution is 2.18. The van der Waals surface area contributed by atoms with Crippen molar-refractivity contribution in [3.8, 4) is 0 Å². The van der Waals surface area contributed by atoms with Gasteiger partial charge < -0.3 is 15.5 Å². The van der Waals surface area contributed by atoms with E-state index in [-0.39, 0.29) is 29.9 Å². The van der Waals surface area contributed by atoms with E-state index in [1.165, 1.54) is 5.56 Å². The largest absolute Gasteiger partial charge is 0.352 e. The molecule has 1 aliphatic carbocycles. The number of amides is 1. The van der Waals surface area contributed by atoms with Crippen LogP contribution < -0.4 is 10.6 Å². The summed E-state index contributed by atoms with van der Waals surface area (Å²) in [4.78, 5) is 20.8. The Kier molecular flexibility index (Phi) is 8.62. The Hall–Kier alpha value is -0.870. The van der Waals surface area contributed by atoms with E-state index in [1.54, 1.807) is 0 Å². The molecule has 0 spiro atoms. The molecule has 1 aliphatic heterocycles. The number of piperazine rings is 1. The lowest BCUT2D eigenvalue weighted by Crippen LogP contribution is -2.54. The molecule has 8 heteroatoms. The van der Waals surface area contributed by atoms with E-state index in [1.807, 2.05) is 19.2 Å². The van der Waals surface area contributed by atoms with Crippen molar-refractivity contribution >= 4 is 51.8 Å². The van der Waals surface area contributed by atoms with E-state index in [4.69, 9.17) is 0 Å². The van der Waals surface area contributed by atoms with Gasteiger partial charge in [-0.15, -0.1) is 24.0 Å². The summed E-state index contributed by atoms with van der Waals surface area (Å²) in [6, 6.07) is 8.73. The fourth-order valence-corrected chi connectivity index (χ4v) is 3.20. The van der Waals surface area contributed by atoms with Gasteiger partial charge in [-0.2, -0.15) is 0 Å². The van der Waals surface area contributed by atoms with Crippen LogP contribution in [-0.2, 0) is 11.3 Å². The molecule has 0 radical (unpaired) electrons. The second-order valence-electron chi connectivity index (χ2n) is 6.63.